The van der Waals surface area contributed by atoms with E-state index in [1.165, 1.54) is 6.07 Å². The SMILES string of the molecule is NCc1cc(=O)c2ccc(N3CCN(C(=O)c4ccccc4)CC3)cc2o1. The molecule has 1 aliphatic heterocycles. The van der Waals surface area contributed by atoms with Crippen molar-refractivity contribution in [2.24, 2.45) is 5.73 Å². The molecular weight excluding hydrogens is 342 g/mol. The Balaban J connectivity index is 1.51. The highest BCUT2D eigenvalue weighted by molar-refractivity contribution is 5.94. The third-order valence-corrected chi connectivity index (χ3v) is 4.92. The summed E-state index contributed by atoms with van der Waals surface area (Å²) in [4.78, 5) is 28.8. The van der Waals surface area contributed by atoms with Gasteiger partial charge in [-0.1, -0.05) is 18.2 Å². The molecule has 138 valence electrons. The average molecular weight is 363 g/mol. The van der Waals surface area contributed by atoms with Crippen LogP contribution in [0.3, 0.4) is 0 Å². The van der Waals surface area contributed by atoms with Crippen LogP contribution < -0.4 is 16.1 Å². The standard InChI is InChI=1S/C21H21N3O3/c22-14-17-13-19(25)18-7-6-16(12-20(18)27-17)23-8-10-24(11-9-23)21(26)15-4-2-1-3-5-15/h1-7,12-13H,8-11,14,22H2. The van der Waals surface area contributed by atoms with Crippen LogP contribution in [0.4, 0.5) is 5.69 Å². The molecule has 4 rings (SSSR count). The summed E-state index contributed by atoms with van der Waals surface area (Å²) < 4.78 is 5.72. The smallest absolute Gasteiger partial charge is 0.253 e. The summed E-state index contributed by atoms with van der Waals surface area (Å²) in [6, 6.07) is 16.4. The van der Waals surface area contributed by atoms with Gasteiger partial charge in [-0.25, -0.2) is 0 Å². The lowest BCUT2D eigenvalue weighted by Crippen LogP contribution is -2.48. The van der Waals surface area contributed by atoms with E-state index in [0.717, 1.165) is 18.8 Å². The summed E-state index contributed by atoms with van der Waals surface area (Å²) in [6.45, 7) is 2.95. The van der Waals surface area contributed by atoms with Gasteiger partial charge in [0.05, 0.1) is 11.9 Å². The molecule has 2 aromatic carbocycles. The lowest BCUT2D eigenvalue weighted by Gasteiger charge is -2.36. The molecule has 1 aromatic heterocycles. The molecule has 27 heavy (non-hydrogen) atoms. The number of hydrogen-bond donors (Lipinski definition) is 1. The van der Waals surface area contributed by atoms with Gasteiger partial charge in [-0.3, -0.25) is 9.59 Å². The fourth-order valence-corrected chi connectivity index (χ4v) is 3.42. The summed E-state index contributed by atoms with van der Waals surface area (Å²) in [7, 11) is 0. The minimum absolute atomic E-state index is 0.0624. The molecule has 3 aromatic rings. The number of amides is 1. The third-order valence-electron chi connectivity index (χ3n) is 4.92. The van der Waals surface area contributed by atoms with Crippen molar-refractivity contribution in [3.8, 4) is 0 Å². The molecule has 0 saturated carbocycles. The Kier molecular flexibility index (Phi) is 4.64. The molecule has 2 N–H and O–H groups in total. The Bertz CT molecular complexity index is 1020. The quantitative estimate of drug-likeness (QED) is 0.772. The number of nitrogens with two attached hydrogens (primary N) is 1. The molecule has 0 spiro atoms. The monoisotopic (exact) mass is 363 g/mol. The van der Waals surface area contributed by atoms with Crippen LogP contribution in [0.25, 0.3) is 11.0 Å². The van der Waals surface area contributed by atoms with Gasteiger partial charge in [-0.2, -0.15) is 0 Å². The molecule has 0 radical (unpaired) electrons. The summed E-state index contributed by atoms with van der Waals surface area (Å²) in [5.74, 6) is 0.537. The minimum Gasteiger partial charge on any atom is -0.459 e. The maximum atomic E-state index is 12.6. The van der Waals surface area contributed by atoms with E-state index >= 15 is 0 Å². The Labute approximate surface area is 156 Å². The van der Waals surface area contributed by atoms with E-state index in [1.807, 2.05) is 47.4 Å². The molecule has 0 aliphatic carbocycles. The van der Waals surface area contributed by atoms with Crippen molar-refractivity contribution in [1.29, 1.82) is 0 Å². The second-order valence-electron chi connectivity index (χ2n) is 6.61. The number of carbonyl (C=O) groups excluding carboxylic acids is 1. The molecule has 1 fully saturated rings. The van der Waals surface area contributed by atoms with Crippen LogP contribution in [0.2, 0.25) is 0 Å². The fourth-order valence-electron chi connectivity index (χ4n) is 3.42. The lowest BCUT2D eigenvalue weighted by atomic mass is 10.1. The van der Waals surface area contributed by atoms with Crippen molar-refractivity contribution in [3.05, 3.63) is 76.1 Å². The van der Waals surface area contributed by atoms with Crippen molar-refractivity contribution < 1.29 is 9.21 Å². The maximum Gasteiger partial charge on any atom is 0.253 e. The molecular formula is C21H21N3O3. The highest BCUT2D eigenvalue weighted by Gasteiger charge is 2.22. The van der Waals surface area contributed by atoms with Crippen molar-refractivity contribution >= 4 is 22.6 Å². The highest BCUT2D eigenvalue weighted by atomic mass is 16.3. The van der Waals surface area contributed by atoms with E-state index in [4.69, 9.17) is 10.2 Å². The predicted octanol–water partition coefficient (Wildman–Crippen LogP) is 2.21. The van der Waals surface area contributed by atoms with Crippen molar-refractivity contribution in [2.45, 2.75) is 6.54 Å². The molecule has 1 amide bonds. The third kappa shape index (κ3) is 3.44. The zero-order valence-electron chi connectivity index (χ0n) is 14.9. The van der Waals surface area contributed by atoms with Crippen LogP contribution in [0, 0.1) is 0 Å². The number of anilines is 1. The average Bonchev–Trinajstić information content (AvgIpc) is 2.73. The lowest BCUT2D eigenvalue weighted by molar-refractivity contribution is 0.0747. The van der Waals surface area contributed by atoms with Crippen molar-refractivity contribution in [1.82, 2.24) is 4.90 Å². The van der Waals surface area contributed by atoms with Crippen LogP contribution >= 0.6 is 0 Å². The van der Waals surface area contributed by atoms with Gasteiger partial charge in [-0.15, -0.1) is 0 Å². The molecule has 2 heterocycles. The Hall–Kier alpha value is -3.12. The highest BCUT2D eigenvalue weighted by Crippen LogP contribution is 2.23. The van der Waals surface area contributed by atoms with Gasteiger partial charge in [0.1, 0.15) is 11.3 Å². The number of nitrogens with zero attached hydrogens (tertiary/aromatic N) is 2. The molecule has 6 nitrogen and oxygen atoms in total. The number of piperazine rings is 1. The summed E-state index contributed by atoms with van der Waals surface area (Å²) >= 11 is 0. The second kappa shape index (κ2) is 7.25. The van der Waals surface area contributed by atoms with E-state index in [-0.39, 0.29) is 17.9 Å². The number of carbonyl (C=O) groups is 1. The van der Waals surface area contributed by atoms with Crippen molar-refractivity contribution in [3.63, 3.8) is 0 Å². The molecule has 0 atom stereocenters. The fraction of sp³-hybridized carbons (Fsp3) is 0.238. The zero-order valence-corrected chi connectivity index (χ0v) is 14.9. The first-order valence-corrected chi connectivity index (χ1v) is 9.02. The van der Waals surface area contributed by atoms with Crippen molar-refractivity contribution in [2.75, 3.05) is 31.1 Å². The number of fused-ring (bicyclic) bond motifs is 1. The van der Waals surface area contributed by atoms with Crippen LogP contribution in [-0.4, -0.2) is 37.0 Å². The van der Waals surface area contributed by atoms with Gasteiger partial charge in [-0.05, 0) is 24.3 Å². The largest absolute Gasteiger partial charge is 0.459 e. The molecule has 0 bridgehead atoms. The van der Waals surface area contributed by atoms with E-state index in [2.05, 4.69) is 4.90 Å². The van der Waals surface area contributed by atoms with E-state index in [1.54, 1.807) is 6.07 Å². The molecule has 1 saturated heterocycles. The van der Waals surface area contributed by atoms with Crippen LogP contribution in [-0.2, 0) is 6.54 Å². The second-order valence-corrected chi connectivity index (χ2v) is 6.61. The van der Waals surface area contributed by atoms with E-state index in [9.17, 15) is 9.59 Å². The minimum atomic E-state index is -0.0819. The van der Waals surface area contributed by atoms with Gasteiger partial charge < -0.3 is 20.0 Å². The predicted molar refractivity (Wildman–Crippen MR) is 105 cm³/mol. The van der Waals surface area contributed by atoms with Gasteiger partial charge in [0, 0.05) is 49.6 Å². The number of rotatable bonds is 3. The van der Waals surface area contributed by atoms with Crippen LogP contribution in [0.15, 0.2) is 63.8 Å². The van der Waals surface area contributed by atoms with Gasteiger partial charge in [0.25, 0.3) is 5.91 Å². The van der Waals surface area contributed by atoms with Gasteiger partial charge in [0.2, 0.25) is 0 Å². The first-order valence-electron chi connectivity index (χ1n) is 9.02. The molecule has 0 unspecified atom stereocenters. The zero-order chi connectivity index (χ0) is 18.8. The topological polar surface area (TPSA) is 79.8 Å². The van der Waals surface area contributed by atoms with Gasteiger partial charge >= 0.3 is 0 Å². The van der Waals surface area contributed by atoms with E-state index < -0.39 is 0 Å². The molecule has 6 heteroatoms. The first-order chi connectivity index (χ1) is 13.2. The Morgan fingerprint density at radius 3 is 2.44 bits per heavy atom. The van der Waals surface area contributed by atoms with E-state index in [0.29, 0.717) is 35.4 Å². The summed E-state index contributed by atoms with van der Waals surface area (Å²) in [5.41, 5.74) is 7.76. The first kappa shape index (κ1) is 17.3. The number of hydrogen-bond acceptors (Lipinski definition) is 5. The normalized spacial score (nSPS) is 14.6. The van der Waals surface area contributed by atoms with Gasteiger partial charge in [0.15, 0.2) is 5.43 Å². The Morgan fingerprint density at radius 2 is 1.74 bits per heavy atom. The summed E-state index contributed by atoms with van der Waals surface area (Å²) in [5, 5.41) is 0.550. The van der Waals surface area contributed by atoms with Crippen LogP contribution in [0.1, 0.15) is 16.1 Å². The molecule has 1 aliphatic rings. The Morgan fingerprint density at radius 1 is 1.00 bits per heavy atom. The number of benzene rings is 2. The summed E-state index contributed by atoms with van der Waals surface area (Å²) in [6.07, 6.45) is 0. The van der Waals surface area contributed by atoms with Crippen LogP contribution in [0.5, 0.6) is 0 Å². The maximum absolute atomic E-state index is 12.6.